The van der Waals surface area contributed by atoms with Gasteiger partial charge in [0.15, 0.2) is 0 Å². The zero-order valence-corrected chi connectivity index (χ0v) is 23.7. The number of hydrogen-bond acceptors (Lipinski definition) is 5. The Morgan fingerprint density at radius 1 is 1.14 bits per heavy atom. The Morgan fingerprint density at radius 3 is 2.57 bits per heavy atom. The van der Waals surface area contributed by atoms with Crippen LogP contribution < -0.4 is 21.5 Å². The fraction of sp³-hybridized carbons (Fsp3) is 0.233. The van der Waals surface area contributed by atoms with Gasteiger partial charge in [0.25, 0.3) is 11.5 Å². The number of halogens is 2. The zero-order chi connectivity index (χ0) is 30.1. The molecule has 0 spiro atoms. The van der Waals surface area contributed by atoms with E-state index in [4.69, 9.17) is 16.6 Å². The number of carbonyl (C=O) groups excluding carboxylic acids is 3. The lowest BCUT2D eigenvalue weighted by Gasteiger charge is -2.15. The van der Waals surface area contributed by atoms with Crippen LogP contribution in [0, 0.1) is 12.7 Å². The Morgan fingerprint density at radius 2 is 1.90 bits per heavy atom. The summed E-state index contributed by atoms with van der Waals surface area (Å²) in [5, 5.41) is 8.35. The largest absolute Gasteiger partial charge is 0.349 e. The van der Waals surface area contributed by atoms with Crippen molar-refractivity contribution in [2.24, 2.45) is 0 Å². The number of imidazole rings is 1. The molecule has 10 nitrogen and oxygen atoms in total. The molecule has 1 saturated carbocycles. The van der Waals surface area contributed by atoms with Crippen LogP contribution in [0.5, 0.6) is 0 Å². The van der Waals surface area contributed by atoms with Crippen LogP contribution in [0.3, 0.4) is 0 Å². The lowest BCUT2D eigenvalue weighted by atomic mass is 9.99. The minimum absolute atomic E-state index is 0.0556. The number of nitrogens with zero attached hydrogens (tertiary/aromatic N) is 3. The van der Waals surface area contributed by atoms with Crippen LogP contribution >= 0.6 is 11.6 Å². The second-order valence-electron chi connectivity index (χ2n) is 9.99. The van der Waals surface area contributed by atoms with Gasteiger partial charge in [-0.1, -0.05) is 31.2 Å². The number of fused-ring (bicyclic) bond motifs is 1. The van der Waals surface area contributed by atoms with E-state index in [2.05, 4.69) is 22.5 Å². The number of amides is 3. The SMILES string of the molecule is C=CC(=O)Nc1cc(C(=O)NC2CC2)ccc1-c1c(CC)nc2n(CC(=O)Nc3ccc(F)cc3Cl)c(C)cn2c1=O. The van der Waals surface area contributed by atoms with Gasteiger partial charge in [0.05, 0.1) is 22.0 Å². The molecule has 0 aliphatic heterocycles. The Kier molecular flexibility index (Phi) is 7.95. The van der Waals surface area contributed by atoms with Gasteiger partial charge in [0.1, 0.15) is 12.4 Å². The number of carbonyl (C=O) groups is 3. The van der Waals surface area contributed by atoms with Gasteiger partial charge in [0, 0.05) is 34.7 Å². The molecule has 42 heavy (non-hydrogen) atoms. The summed E-state index contributed by atoms with van der Waals surface area (Å²) in [5.41, 5.74) is 2.12. The molecule has 12 heteroatoms. The molecule has 1 aliphatic rings. The fourth-order valence-electron chi connectivity index (χ4n) is 4.62. The molecule has 1 fully saturated rings. The van der Waals surface area contributed by atoms with Crippen molar-refractivity contribution in [3.8, 4) is 11.1 Å². The van der Waals surface area contributed by atoms with E-state index in [-0.39, 0.29) is 46.2 Å². The molecule has 0 bridgehead atoms. The summed E-state index contributed by atoms with van der Waals surface area (Å²) in [4.78, 5) is 56.6. The van der Waals surface area contributed by atoms with Crippen LogP contribution in [0.1, 0.15) is 41.5 Å². The number of aromatic nitrogens is 3. The van der Waals surface area contributed by atoms with Gasteiger partial charge in [-0.2, -0.15) is 0 Å². The van der Waals surface area contributed by atoms with Gasteiger partial charge < -0.3 is 20.5 Å². The highest BCUT2D eigenvalue weighted by Gasteiger charge is 2.25. The number of hydrogen-bond donors (Lipinski definition) is 3. The summed E-state index contributed by atoms with van der Waals surface area (Å²) in [6.45, 7) is 6.89. The molecular formula is C30H28ClFN6O4. The molecule has 2 aromatic heterocycles. The van der Waals surface area contributed by atoms with Crippen molar-refractivity contribution in [3.05, 3.63) is 93.4 Å². The smallest absolute Gasteiger partial charge is 0.267 e. The Bertz CT molecular complexity index is 1820. The van der Waals surface area contributed by atoms with E-state index >= 15 is 0 Å². The average molecular weight is 591 g/mol. The maximum atomic E-state index is 14.0. The quantitative estimate of drug-likeness (QED) is 0.248. The van der Waals surface area contributed by atoms with Crippen molar-refractivity contribution in [2.45, 2.75) is 45.7 Å². The van der Waals surface area contributed by atoms with E-state index in [0.29, 0.717) is 28.9 Å². The summed E-state index contributed by atoms with van der Waals surface area (Å²) in [6.07, 6.45) is 4.88. The van der Waals surface area contributed by atoms with Crippen LogP contribution in [-0.4, -0.2) is 37.7 Å². The summed E-state index contributed by atoms with van der Waals surface area (Å²) in [7, 11) is 0. The Labute approximate surface area is 245 Å². The predicted molar refractivity (Wildman–Crippen MR) is 158 cm³/mol. The molecule has 0 atom stereocenters. The van der Waals surface area contributed by atoms with Crippen LogP contribution in [-0.2, 0) is 22.6 Å². The number of nitrogens with one attached hydrogen (secondary N) is 3. The Balaban J connectivity index is 1.55. The molecule has 2 aromatic carbocycles. The van der Waals surface area contributed by atoms with E-state index in [0.717, 1.165) is 25.0 Å². The van der Waals surface area contributed by atoms with Gasteiger partial charge in [0.2, 0.25) is 17.6 Å². The average Bonchev–Trinajstić information content (AvgIpc) is 3.72. The minimum Gasteiger partial charge on any atom is -0.349 e. The van der Waals surface area contributed by atoms with Gasteiger partial charge in [-0.25, -0.2) is 9.37 Å². The molecular weight excluding hydrogens is 563 g/mol. The maximum absolute atomic E-state index is 14.0. The first-order valence-corrected chi connectivity index (χ1v) is 13.7. The molecule has 1 aliphatic carbocycles. The molecule has 3 N–H and O–H groups in total. The van der Waals surface area contributed by atoms with Crippen LogP contribution in [0.2, 0.25) is 5.02 Å². The van der Waals surface area contributed by atoms with Gasteiger partial charge in [-0.15, -0.1) is 0 Å². The fourth-order valence-corrected chi connectivity index (χ4v) is 4.83. The molecule has 216 valence electrons. The standard InChI is InChI=1S/C30H28ClFN6O4/c1-4-22-27(20-10-6-17(28(41)33-19-8-9-19)12-24(20)35-25(39)5-2)29(42)38-14-16(3)37(30(38)36-22)15-26(40)34-23-11-7-18(32)13-21(23)31/h5-7,10-14,19H,2,4,8-9,15H2,1,3H3,(H,33,41)(H,34,40)(H,35,39). The minimum atomic E-state index is -0.528. The van der Waals surface area contributed by atoms with Crippen LogP contribution in [0.15, 0.2) is 60.0 Å². The molecule has 0 unspecified atom stereocenters. The van der Waals surface area contributed by atoms with Crippen LogP contribution in [0.4, 0.5) is 15.8 Å². The van der Waals surface area contributed by atoms with Crippen LogP contribution in [0.25, 0.3) is 16.9 Å². The van der Waals surface area contributed by atoms with Crippen molar-refractivity contribution < 1.29 is 18.8 Å². The third-order valence-electron chi connectivity index (χ3n) is 6.90. The summed E-state index contributed by atoms with van der Waals surface area (Å²) in [6, 6.07) is 8.55. The molecule has 0 saturated heterocycles. The maximum Gasteiger partial charge on any atom is 0.267 e. The second kappa shape index (κ2) is 11.6. The highest BCUT2D eigenvalue weighted by Crippen LogP contribution is 2.31. The normalized spacial score (nSPS) is 12.7. The Hall–Kier alpha value is -4.77. The first-order valence-electron chi connectivity index (χ1n) is 13.3. The first kappa shape index (κ1) is 28.7. The summed E-state index contributed by atoms with van der Waals surface area (Å²) in [5.74, 6) is -1.50. The molecule has 4 aromatic rings. The van der Waals surface area contributed by atoms with E-state index in [9.17, 15) is 23.6 Å². The summed E-state index contributed by atoms with van der Waals surface area (Å²) >= 11 is 6.05. The topological polar surface area (TPSA) is 127 Å². The molecule has 3 amide bonds. The lowest BCUT2D eigenvalue weighted by molar-refractivity contribution is -0.116. The summed E-state index contributed by atoms with van der Waals surface area (Å²) < 4.78 is 16.3. The second-order valence-corrected chi connectivity index (χ2v) is 10.4. The third-order valence-corrected chi connectivity index (χ3v) is 7.22. The van der Waals surface area contributed by atoms with E-state index in [1.807, 2.05) is 6.92 Å². The van der Waals surface area contributed by atoms with Crippen molar-refractivity contribution in [3.63, 3.8) is 0 Å². The van der Waals surface area contributed by atoms with Crippen molar-refractivity contribution in [1.29, 1.82) is 0 Å². The van der Waals surface area contributed by atoms with E-state index in [1.165, 1.54) is 22.6 Å². The van der Waals surface area contributed by atoms with Gasteiger partial charge in [-0.05, 0) is 62.6 Å². The first-order chi connectivity index (χ1) is 20.1. The van der Waals surface area contributed by atoms with E-state index in [1.54, 1.807) is 29.8 Å². The monoisotopic (exact) mass is 590 g/mol. The molecule has 0 radical (unpaired) electrons. The number of rotatable bonds is 9. The van der Waals surface area contributed by atoms with Crippen molar-refractivity contribution >= 4 is 46.5 Å². The number of anilines is 2. The lowest BCUT2D eigenvalue weighted by Crippen LogP contribution is -2.26. The van der Waals surface area contributed by atoms with Crippen molar-refractivity contribution in [2.75, 3.05) is 10.6 Å². The van der Waals surface area contributed by atoms with Crippen molar-refractivity contribution in [1.82, 2.24) is 19.3 Å². The van der Waals surface area contributed by atoms with E-state index < -0.39 is 23.2 Å². The highest BCUT2D eigenvalue weighted by atomic mass is 35.5. The van der Waals surface area contributed by atoms with Gasteiger partial charge >= 0.3 is 0 Å². The third kappa shape index (κ3) is 5.82. The number of benzene rings is 2. The predicted octanol–water partition coefficient (Wildman–Crippen LogP) is 4.48. The highest BCUT2D eigenvalue weighted by molar-refractivity contribution is 6.33. The number of aryl methyl sites for hydroxylation is 2. The molecule has 2 heterocycles. The molecule has 5 rings (SSSR count). The van der Waals surface area contributed by atoms with Gasteiger partial charge in [-0.3, -0.25) is 23.6 Å². The zero-order valence-electron chi connectivity index (χ0n) is 23.0.